The van der Waals surface area contributed by atoms with Gasteiger partial charge < -0.3 is 15.3 Å². The maximum absolute atomic E-state index is 11.9. The first kappa shape index (κ1) is 13.0. The van der Waals surface area contributed by atoms with Crippen LogP contribution >= 0.6 is 0 Å². The van der Waals surface area contributed by atoms with E-state index in [1.165, 1.54) is 0 Å². The molecule has 1 amide bonds. The lowest BCUT2D eigenvalue weighted by Crippen LogP contribution is -2.36. The fourth-order valence-corrected chi connectivity index (χ4v) is 2.81. The average molecular weight is 274 g/mol. The monoisotopic (exact) mass is 274 g/mol. The Balaban J connectivity index is 1.77. The maximum Gasteiger partial charge on any atom is 0.261 e. The molecule has 1 aliphatic carbocycles. The van der Waals surface area contributed by atoms with Crippen LogP contribution in [0, 0.1) is 0 Å². The Morgan fingerprint density at radius 1 is 1.30 bits per heavy atom. The van der Waals surface area contributed by atoms with Gasteiger partial charge in [-0.2, -0.15) is 0 Å². The summed E-state index contributed by atoms with van der Waals surface area (Å²) in [6.45, 7) is 0.735. The molecule has 0 bridgehead atoms. The number of nitrogens with one attached hydrogen (secondary N) is 1. The highest BCUT2D eigenvalue weighted by molar-refractivity contribution is 6.04. The standard InChI is InChI=1S/C15H18N2O3/c18-15-14(3-1-2-8-16-15)20-11-5-6-12-10(9-11)4-7-13(12)17-19/h5-6,9,14,19H,1-4,7-8H2,(H,16,18)/b17-13-. The van der Waals surface area contributed by atoms with E-state index in [0.29, 0.717) is 5.75 Å². The van der Waals surface area contributed by atoms with Crippen LogP contribution in [0.5, 0.6) is 5.75 Å². The summed E-state index contributed by atoms with van der Waals surface area (Å²) in [6.07, 6.45) is 3.96. The number of fused-ring (bicyclic) bond motifs is 1. The van der Waals surface area contributed by atoms with Gasteiger partial charge in [0.1, 0.15) is 5.75 Å². The van der Waals surface area contributed by atoms with Crippen LogP contribution < -0.4 is 10.1 Å². The van der Waals surface area contributed by atoms with Gasteiger partial charge in [0.2, 0.25) is 0 Å². The van der Waals surface area contributed by atoms with Crippen molar-refractivity contribution >= 4 is 11.6 Å². The Labute approximate surface area is 117 Å². The van der Waals surface area contributed by atoms with Crippen LogP contribution in [0.25, 0.3) is 0 Å². The molecule has 0 spiro atoms. The number of carbonyl (C=O) groups excluding carboxylic acids is 1. The van der Waals surface area contributed by atoms with Crippen molar-refractivity contribution < 1.29 is 14.7 Å². The predicted molar refractivity (Wildman–Crippen MR) is 74.4 cm³/mol. The molecule has 5 heteroatoms. The van der Waals surface area contributed by atoms with Gasteiger partial charge in [0.15, 0.2) is 6.10 Å². The largest absolute Gasteiger partial charge is 0.481 e. The summed E-state index contributed by atoms with van der Waals surface area (Å²) < 4.78 is 5.83. The zero-order valence-corrected chi connectivity index (χ0v) is 11.3. The second kappa shape index (κ2) is 5.53. The SMILES string of the molecule is O=C1NCCCCC1Oc1ccc2c(c1)CC/C2=N/O. The molecule has 0 radical (unpaired) electrons. The summed E-state index contributed by atoms with van der Waals surface area (Å²) in [5.41, 5.74) is 2.81. The molecule has 20 heavy (non-hydrogen) atoms. The van der Waals surface area contributed by atoms with Gasteiger partial charge in [0.25, 0.3) is 5.91 Å². The summed E-state index contributed by atoms with van der Waals surface area (Å²) in [6, 6.07) is 5.69. The van der Waals surface area contributed by atoms with Crippen molar-refractivity contribution in [1.29, 1.82) is 0 Å². The first-order valence-corrected chi connectivity index (χ1v) is 7.06. The molecule has 0 saturated carbocycles. The molecule has 1 heterocycles. The summed E-state index contributed by atoms with van der Waals surface area (Å²) in [7, 11) is 0. The zero-order valence-electron chi connectivity index (χ0n) is 11.3. The first-order chi connectivity index (χ1) is 9.78. The minimum Gasteiger partial charge on any atom is -0.481 e. The van der Waals surface area contributed by atoms with E-state index < -0.39 is 6.10 Å². The molecule has 0 aromatic heterocycles. The van der Waals surface area contributed by atoms with Gasteiger partial charge in [-0.15, -0.1) is 0 Å². The van der Waals surface area contributed by atoms with Crippen molar-refractivity contribution in [3.8, 4) is 5.75 Å². The Morgan fingerprint density at radius 3 is 3.05 bits per heavy atom. The number of aryl methyl sites for hydroxylation is 1. The molecule has 1 aromatic rings. The van der Waals surface area contributed by atoms with Crippen LogP contribution in [0.1, 0.15) is 36.8 Å². The number of oxime groups is 1. The molecule has 2 N–H and O–H groups in total. The molecule has 1 atom stereocenters. The number of nitrogens with zero attached hydrogens (tertiary/aromatic N) is 1. The Bertz CT molecular complexity index is 554. The number of amides is 1. The molecule has 3 rings (SSSR count). The van der Waals surface area contributed by atoms with Gasteiger partial charge in [-0.3, -0.25) is 4.79 Å². The molecular weight excluding hydrogens is 256 g/mol. The van der Waals surface area contributed by atoms with Crippen molar-refractivity contribution in [1.82, 2.24) is 5.32 Å². The highest BCUT2D eigenvalue weighted by Gasteiger charge is 2.24. The fourth-order valence-electron chi connectivity index (χ4n) is 2.81. The normalized spacial score (nSPS) is 24.1. The number of ether oxygens (including phenoxy) is 1. The number of rotatable bonds is 2. The van der Waals surface area contributed by atoms with Crippen LogP contribution in [-0.2, 0) is 11.2 Å². The smallest absolute Gasteiger partial charge is 0.261 e. The lowest BCUT2D eigenvalue weighted by atomic mass is 10.1. The molecular formula is C15H18N2O3. The molecule has 1 saturated heterocycles. The highest BCUT2D eigenvalue weighted by Crippen LogP contribution is 2.27. The Morgan fingerprint density at radius 2 is 2.20 bits per heavy atom. The topological polar surface area (TPSA) is 70.9 Å². The van der Waals surface area contributed by atoms with E-state index in [-0.39, 0.29) is 5.91 Å². The van der Waals surface area contributed by atoms with Crippen molar-refractivity contribution in [2.24, 2.45) is 5.16 Å². The van der Waals surface area contributed by atoms with E-state index in [9.17, 15) is 4.79 Å². The number of carbonyl (C=O) groups is 1. The highest BCUT2D eigenvalue weighted by atomic mass is 16.5. The van der Waals surface area contributed by atoms with Crippen molar-refractivity contribution in [3.05, 3.63) is 29.3 Å². The fraction of sp³-hybridized carbons (Fsp3) is 0.467. The van der Waals surface area contributed by atoms with E-state index in [2.05, 4.69) is 10.5 Å². The summed E-state index contributed by atoms with van der Waals surface area (Å²) >= 11 is 0. The predicted octanol–water partition coefficient (Wildman–Crippen LogP) is 1.86. The number of benzene rings is 1. The zero-order chi connectivity index (χ0) is 13.9. The average Bonchev–Trinajstić information content (AvgIpc) is 2.76. The minimum atomic E-state index is -0.400. The van der Waals surface area contributed by atoms with Crippen LogP contribution in [0.15, 0.2) is 23.4 Å². The van der Waals surface area contributed by atoms with E-state index >= 15 is 0 Å². The van der Waals surface area contributed by atoms with Crippen LogP contribution in [-0.4, -0.2) is 29.5 Å². The third kappa shape index (κ3) is 2.48. The van der Waals surface area contributed by atoms with E-state index in [1.54, 1.807) is 0 Å². The summed E-state index contributed by atoms with van der Waals surface area (Å²) in [4.78, 5) is 11.9. The quantitative estimate of drug-likeness (QED) is 0.638. The van der Waals surface area contributed by atoms with Crippen molar-refractivity contribution in [2.45, 2.75) is 38.2 Å². The molecule has 5 nitrogen and oxygen atoms in total. The third-order valence-electron chi connectivity index (χ3n) is 3.90. The van der Waals surface area contributed by atoms with Gasteiger partial charge in [-0.25, -0.2) is 0 Å². The van der Waals surface area contributed by atoms with E-state index in [4.69, 9.17) is 9.94 Å². The molecule has 1 aliphatic heterocycles. The molecule has 1 unspecified atom stereocenters. The van der Waals surface area contributed by atoms with Gasteiger partial charge in [-0.05, 0) is 55.9 Å². The minimum absolute atomic E-state index is 0.0272. The Kier molecular flexibility index (Phi) is 3.58. The Hall–Kier alpha value is -2.04. The summed E-state index contributed by atoms with van der Waals surface area (Å²) in [5, 5.41) is 15.1. The summed E-state index contributed by atoms with van der Waals surface area (Å²) in [5.74, 6) is 0.686. The van der Waals surface area contributed by atoms with Gasteiger partial charge in [-0.1, -0.05) is 5.16 Å². The van der Waals surface area contributed by atoms with Crippen molar-refractivity contribution in [2.75, 3.05) is 6.54 Å². The van der Waals surface area contributed by atoms with E-state index in [1.807, 2.05) is 18.2 Å². The third-order valence-corrected chi connectivity index (χ3v) is 3.90. The lowest BCUT2D eigenvalue weighted by Gasteiger charge is -2.16. The number of hydrogen-bond acceptors (Lipinski definition) is 4. The second-order valence-electron chi connectivity index (χ2n) is 5.26. The molecule has 1 fully saturated rings. The van der Waals surface area contributed by atoms with Gasteiger partial charge >= 0.3 is 0 Å². The molecule has 1 aromatic carbocycles. The van der Waals surface area contributed by atoms with Crippen molar-refractivity contribution in [3.63, 3.8) is 0 Å². The van der Waals surface area contributed by atoms with Gasteiger partial charge in [0.05, 0.1) is 5.71 Å². The second-order valence-corrected chi connectivity index (χ2v) is 5.26. The van der Waals surface area contributed by atoms with Crippen LogP contribution in [0.4, 0.5) is 0 Å². The van der Waals surface area contributed by atoms with E-state index in [0.717, 1.165) is 55.5 Å². The van der Waals surface area contributed by atoms with Crippen LogP contribution in [0.2, 0.25) is 0 Å². The number of hydrogen-bond donors (Lipinski definition) is 2. The first-order valence-electron chi connectivity index (χ1n) is 7.06. The van der Waals surface area contributed by atoms with Gasteiger partial charge in [0, 0.05) is 12.1 Å². The molecule has 106 valence electrons. The van der Waals surface area contributed by atoms with Crippen LogP contribution in [0.3, 0.4) is 0 Å². The molecule has 2 aliphatic rings. The lowest BCUT2D eigenvalue weighted by molar-refractivity contribution is -0.127. The maximum atomic E-state index is 11.9.